The van der Waals surface area contributed by atoms with E-state index in [0.717, 1.165) is 0 Å². The number of nitrogen functional groups attached to an aromatic ring is 1. The lowest BCUT2D eigenvalue weighted by molar-refractivity contribution is -0.149. The van der Waals surface area contributed by atoms with Crippen LogP contribution in [0.5, 0.6) is 5.75 Å². The highest BCUT2D eigenvalue weighted by Crippen LogP contribution is 2.45. The Morgan fingerprint density at radius 2 is 1.89 bits per heavy atom. The number of rotatable bonds is 13. The van der Waals surface area contributed by atoms with Gasteiger partial charge in [-0.3, -0.25) is 13.9 Å². The standard InChI is InChI=1S/C29H45N6O7PSi/c1-19(2)39-28(36)20(3)34-43(37,41-21-12-10-9-11-13-21)18-38-15-22-14-23(42-44(7,8)29(4,5)6)27(40-22)35-17-33-24-25(30)31-16-32-26(24)35/h9-13,16-17,19-20,22-23,27H,14-15,18H2,1-8H3,(H,34,37)(H2,30,31,32)/t20?,22-,23-,27+,43?/m0/s1. The molecule has 15 heteroatoms. The Hall–Kier alpha value is -2.87. The molecule has 13 nitrogen and oxygen atoms in total. The third kappa shape index (κ3) is 8.23. The van der Waals surface area contributed by atoms with Gasteiger partial charge < -0.3 is 28.9 Å². The first-order chi connectivity index (χ1) is 20.6. The molecule has 2 unspecified atom stereocenters. The summed E-state index contributed by atoms with van der Waals surface area (Å²) < 4.78 is 46.3. The molecule has 0 radical (unpaired) electrons. The zero-order valence-corrected chi connectivity index (χ0v) is 28.6. The minimum Gasteiger partial charge on any atom is -0.462 e. The van der Waals surface area contributed by atoms with Gasteiger partial charge in [-0.05, 0) is 51.0 Å². The summed E-state index contributed by atoms with van der Waals surface area (Å²) in [5.41, 5.74) is 7.07. The van der Waals surface area contributed by atoms with Gasteiger partial charge in [0.05, 0.1) is 31.2 Å². The van der Waals surface area contributed by atoms with Crippen molar-refractivity contribution in [2.45, 2.75) is 96.7 Å². The van der Waals surface area contributed by atoms with Gasteiger partial charge in [0.15, 0.2) is 26.0 Å². The Kier molecular flexibility index (Phi) is 10.5. The van der Waals surface area contributed by atoms with E-state index in [4.69, 9.17) is 28.9 Å². The summed E-state index contributed by atoms with van der Waals surface area (Å²) in [4.78, 5) is 25.4. The van der Waals surface area contributed by atoms with Crippen LogP contribution >= 0.6 is 7.52 Å². The number of para-hydroxylation sites is 1. The number of nitrogens with one attached hydrogen (secondary N) is 1. The summed E-state index contributed by atoms with van der Waals surface area (Å²) in [6.45, 7) is 16.1. The van der Waals surface area contributed by atoms with Gasteiger partial charge in [0.25, 0.3) is 0 Å². The molecular formula is C29H45N6O7PSi. The average molecular weight is 649 g/mol. The first-order valence-electron chi connectivity index (χ1n) is 14.7. The molecule has 44 heavy (non-hydrogen) atoms. The molecule has 242 valence electrons. The summed E-state index contributed by atoms with van der Waals surface area (Å²) in [6.07, 6.45) is 1.65. The van der Waals surface area contributed by atoms with Crippen molar-refractivity contribution < 1.29 is 32.5 Å². The van der Waals surface area contributed by atoms with E-state index < -0.39 is 40.2 Å². The number of benzene rings is 1. The SMILES string of the molecule is CC(C)OC(=O)C(C)NP(=O)(COC[C@@H]1C[C@H](O[Si](C)(C)C(C)(C)C)[C@H](n2cnc3c(N)ncnc32)O1)Oc1ccccc1. The summed E-state index contributed by atoms with van der Waals surface area (Å²) in [6, 6.07) is 7.84. The number of ether oxygens (including phenoxy) is 3. The van der Waals surface area contributed by atoms with Gasteiger partial charge >= 0.3 is 13.5 Å². The van der Waals surface area contributed by atoms with Crippen molar-refractivity contribution in [2.24, 2.45) is 0 Å². The Morgan fingerprint density at radius 1 is 1.18 bits per heavy atom. The predicted octanol–water partition coefficient (Wildman–Crippen LogP) is 5.26. The van der Waals surface area contributed by atoms with E-state index in [-0.39, 0.29) is 36.0 Å². The summed E-state index contributed by atoms with van der Waals surface area (Å²) in [5.74, 6) is 0.118. The van der Waals surface area contributed by atoms with E-state index in [1.54, 1.807) is 51.4 Å². The Balaban J connectivity index is 1.51. The molecule has 2 aromatic heterocycles. The smallest absolute Gasteiger partial charge is 0.342 e. The van der Waals surface area contributed by atoms with Gasteiger partial charge in [0, 0.05) is 6.42 Å². The van der Waals surface area contributed by atoms with Gasteiger partial charge in [-0.15, -0.1) is 0 Å². The second-order valence-corrected chi connectivity index (χ2v) is 19.6. The molecule has 3 N–H and O–H groups in total. The quantitative estimate of drug-likeness (QED) is 0.141. The maximum Gasteiger partial charge on any atom is 0.342 e. The minimum absolute atomic E-state index is 0.0315. The van der Waals surface area contributed by atoms with E-state index in [0.29, 0.717) is 23.3 Å². The number of nitrogens with zero attached hydrogens (tertiary/aromatic N) is 4. The summed E-state index contributed by atoms with van der Waals surface area (Å²) in [7, 11) is -5.93. The Labute approximate surface area is 259 Å². The van der Waals surface area contributed by atoms with Crippen LogP contribution in [0.4, 0.5) is 5.82 Å². The van der Waals surface area contributed by atoms with Crippen LogP contribution in [-0.4, -0.2) is 71.1 Å². The van der Waals surface area contributed by atoms with Crippen LogP contribution in [0.25, 0.3) is 11.2 Å². The fourth-order valence-electron chi connectivity index (χ4n) is 4.51. The Morgan fingerprint density at radius 3 is 2.55 bits per heavy atom. The molecule has 1 saturated heterocycles. The van der Waals surface area contributed by atoms with Crippen LogP contribution in [0.1, 0.15) is 54.2 Å². The lowest BCUT2D eigenvalue weighted by Gasteiger charge is -2.39. The number of carbonyl (C=O) groups is 1. The molecule has 1 fully saturated rings. The first kappa shape index (κ1) is 34.0. The molecule has 3 aromatic rings. The van der Waals surface area contributed by atoms with Crippen LogP contribution in [0.3, 0.4) is 0 Å². The molecule has 0 saturated carbocycles. The number of aromatic nitrogens is 4. The number of fused-ring (bicyclic) bond motifs is 1. The molecule has 5 atom stereocenters. The van der Waals surface area contributed by atoms with Crippen molar-refractivity contribution in [1.29, 1.82) is 0 Å². The largest absolute Gasteiger partial charge is 0.462 e. The molecule has 1 aromatic carbocycles. The molecule has 0 aliphatic carbocycles. The fraction of sp³-hybridized carbons (Fsp3) is 0.586. The van der Waals surface area contributed by atoms with Gasteiger partial charge in [-0.1, -0.05) is 39.0 Å². The number of carbonyl (C=O) groups excluding carboxylic acids is 1. The molecule has 4 rings (SSSR count). The molecule has 1 aliphatic rings. The predicted molar refractivity (Wildman–Crippen MR) is 170 cm³/mol. The van der Waals surface area contributed by atoms with Gasteiger partial charge in [0.2, 0.25) is 0 Å². The zero-order chi connectivity index (χ0) is 32.3. The molecule has 0 amide bonds. The molecule has 0 spiro atoms. The van der Waals surface area contributed by atoms with Gasteiger partial charge in [0.1, 0.15) is 30.0 Å². The second kappa shape index (κ2) is 13.6. The van der Waals surface area contributed by atoms with E-state index in [1.165, 1.54) is 6.33 Å². The minimum atomic E-state index is -3.72. The number of nitrogens with two attached hydrogens (primary N) is 1. The maximum atomic E-state index is 14.0. The van der Waals surface area contributed by atoms with Crippen molar-refractivity contribution in [3.63, 3.8) is 0 Å². The average Bonchev–Trinajstić information content (AvgIpc) is 3.52. The molecular weight excluding hydrogens is 603 g/mol. The van der Waals surface area contributed by atoms with Crippen LogP contribution < -0.4 is 15.3 Å². The number of esters is 1. The Bertz CT molecular complexity index is 1470. The summed E-state index contributed by atoms with van der Waals surface area (Å²) >= 11 is 0. The topological polar surface area (TPSA) is 162 Å². The number of imidazole rings is 1. The van der Waals surface area contributed by atoms with Gasteiger partial charge in [-0.2, -0.15) is 0 Å². The van der Waals surface area contributed by atoms with Gasteiger partial charge in [-0.25, -0.2) is 20.0 Å². The van der Waals surface area contributed by atoms with E-state index >= 15 is 0 Å². The monoisotopic (exact) mass is 648 g/mol. The third-order valence-electron chi connectivity index (χ3n) is 7.72. The lowest BCUT2D eigenvalue weighted by Crippen LogP contribution is -2.45. The van der Waals surface area contributed by atoms with Crippen molar-refractivity contribution in [3.8, 4) is 5.75 Å². The molecule has 3 heterocycles. The highest BCUT2D eigenvalue weighted by Gasteiger charge is 2.46. The normalized spacial score (nSPS) is 21.3. The van der Waals surface area contributed by atoms with Crippen LogP contribution in [0, 0.1) is 0 Å². The fourth-order valence-corrected chi connectivity index (χ4v) is 7.52. The molecule has 0 bridgehead atoms. The number of hydrogen-bond acceptors (Lipinski definition) is 11. The zero-order valence-electron chi connectivity index (χ0n) is 26.7. The maximum absolute atomic E-state index is 14.0. The van der Waals surface area contributed by atoms with E-state index in [2.05, 4.69) is 53.9 Å². The third-order valence-corrected chi connectivity index (χ3v) is 14.0. The number of anilines is 1. The van der Waals surface area contributed by atoms with Crippen LogP contribution in [-0.2, 0) is 28.0 Å². The van der Waals surface area contributed by atoms with Crippen molar-refractivity contribution in [3.05, 3.63) is 43.0 Å². The lowest BCUT2D eigenvalue weighted by atomic mass is 10.2. The highest BCUT2D eigenvalue weighted by molar-refractivity contribution is 7.57. The molecule has 1 aliphatic heterocycles. The highest BCUT2D eigenvalue weighted by atomic mass is 31.2. The van der Waals surface area contributed by atoms with Crippen LogP contribution in [0.15, 0.2) is 43.0 Å². The van der Waals surface area contributed by atoms with E-state index in [9.17, 15) is 9.36 Å². The van der Waals surface area contributed by atoms with Crippen LogP contribution in [0.2, 0.25) is 18.1 Å². The van der Waals surface area contributed by atoms with Crippen molar-refractivity contribution in [1.82, 2.24) is 24.6 Å². The number of hydrogen-bond donors (Lipinski definition) is 2. The second-order valence-electron chi connectivity index (χ2n) is 12.8. The summed E-state index contributed by atoms with van der Waals surface area (Å²) in [5, 5.41) is 2.79. The van der Waals surface area contributed by atoms with Crippen molar-refractivity contribution >= 4 is 38.8 Å². The van der Waals surface area contributed by atoms with Crippen molar-refractivity contribution in [2.75, 3.05) is 18.7 Å². The van der Waals surface area contributed by atoms with E-state index in [1.807, 2.05) is 10.6 Å². The first-order valence-corrected chi connectivity index (χ1v) is 19.5.